The molecule has 1 aromatic carbocycles. The van der Waals surface area contributed by atoms with Crippen molar-refractivity contribution >= 4 is 5.69 Å². The molecule has 80 valence electrons. The van der Waals surface area contributed by atoms with Crippen LogP contribution in [0, 0.1) is 0 Å². The predicted octanol–water partition coefficient (Wildman–Crippen LogP) is 2.07. The molecule has 3 rings (SSSR count). The molecule has 2 heterocycles. The maximum Gasteiger partial charge on any atom is 0.189 e. The van der Waals surface area contributed by atoms with Gasteiger partial charge in [0.25, 0.3) is 0 Å². The van der Waals surface area contributed by atoms with Gasteiger partial charge in [-0.15, -0.1) is 0 Å². The summed E-state index contributed by atoms with van der Waals surface area (Å²) in [7, 11) is 2.13. The van der Waals surface area contributed by atoms with Crippen LogP contribution in [0.4, 0.5) is 5.69 Å². The van der Waals surface area contributed by atoms with E-state index in [4.69, 9.17) is 9.47 Å². The van der Waals surface area contributed by atoms with Crippen LogP contribution in [0.3, 0.4) is 0 Å². The van der Waals surface area contributed by atoms with E-state index in [1.54, 1.807) is 0 Å². The number of rotatable bonds is 1. The average Bonchev–Trinajstić information content (AvgIpc) is 2.56. The van der Waals surface area contributed by atoms with Gasteiger partial charge in [0, 0.05) is 24.8 Å². The fourth-order valence-electron chi connectivity index (χ4n) is 2.22. The molecule has 0 unspecified atom stereocenters. The van der Waals surface area contributed by atoms with Gasteiger partial charge in [-0.1, -0.05) is 12.1 Å². The van der Waals surface area contributed by atoms with Crippen molar-refractivity contribution in [3.05, 3.63) is 29.3 Å². The van der Waals surface area contributed by atoms with Crippen LogP contribution in [0.2, 0.25) is 0 Å². The summed E-state index contributed by atoms with van der Waals surface area (Å²) < 4.78 is 11.0. The van der Waals surface area contributed by atoms with Gasteiger partial charge in [-0.2, -0.15) is 0 Å². The molecule has 3 heteroatoms. The highest BCUT2D eigenvalue weighted by atomic mass is 16.9. The van der Waals surface area contributed by atoms with E-state index in [0.717, 1.165) is 18.5 Å². The Balaban J connectivity index is 1.89. The van der Waals surface area contributed by atoms with Crippen LogP contribution < -0.4 is 4.90 Å². The summed E-state index contributed by atoms with van der Waals surface area (Å²) >= 11 is 0. The summed E-state index contributed by atoms with van der Waals surface area (Å²) in [5.41, 5.74) is 3.87. The number of likely N-dealkylation sites (N-methyl/N-ethyl adjacent to an activating group) is 1. The first-order valence-corrected chi connectivity index (χ1v) is 5.39. The van der Waals surface area contributed by atoms with Crippen LogP contribution in [0.5, 0.6) is 0 Å². The molecule has 2 aliphatic rings. The maximum absolute atomic E-state index is 5.48. The highest BCUT2D eigenvalue weighted by Gasteiger charge is 2.29. The quantitative estimate of drug-likeness (QED) is 0.700. The lowest BCUT2D eigenvalue weighted by atomic mass is 10.1. The molecule has 3 nitrogen and oxygen atoms in total. The smallest absolute Gasteiger partial charge is 0.189 e. The van der Waals surface area contributed by atoms with Gasteiger partial charge in [0.05, 0.1) is 0 Å². The Bertz CT molecular complexity index is 385. The van der Waals surface area contributed by atoms with E-state index in [-0.39, 0.29) is 12.6 Å². The number of hydrogen-bond acceptors (Lipinski definition) is 3. The minimum absolute atomic E-state index is 0.0546. The lowest BCUT2D eigenvalue weighted by Gasteiger charge is -2.34. The van der Waals surface area contributed by atoms with E-state index in [2.05, 4.69) is 30.1 Å². The van der Waals surface area contributed by atoms with E-state index in [0.29, 0.717) is 0 Å². The van der Waals surface area contributed by atoms with Crippen molar-refractivity contribution in [2.24, 2.45) is 0 Å². The van der Waals surface area contributed by atoms with E-state index in [1.165, 1.54) is 11.3 Å². The van der Waals surface area contributed by atoms with Crippen molar-refractivity contribution < 1.29 is 9.47 Å². The molecule has 0 atom stereocenters. The summed E-state index contributed by atoms with van der Waals surface area (Å²) in [5.74, 6) is 0. The lowest BCUT2D eigenvalue weighted by Crippen LogP contribution is -2.31. The largest absolute Gasteiger partial charge is 0.374 e. The standard InChI is InChI=1S/C12H15NO2/c1-8-14-12(15-8)10-4-3-9-5-6-13(2)11(9)7-10/h3-4,7-8,12H,5-6H2,1-2H3. The first kappa shape index (κ1) is 9.19. The Labute approximate surface area is 89.6 Å². The number of nitrogens with zero attached hydrogens (tertiary/aromatic N) is 1. The van der Waals surface area contributed by atoms with Crippen LogP contribution in [0.15, 0.2) is 18.2 Å². The molecule has 0 saturated carbocycles. The molecule has 1 saturated heterocycles. The van der Waals surface area contributed by atoms with E-state index >= 15 is 0 Å². The molecule has 15 heavy (non-hydrogen) atoms. The zero-order valence-corrected chi connectivity index (χ0v) is 9.06. The van der Waals surface area contributed by atoms with E-state index in [1.807, 2.05) is 6.92 Å². The molecule has 0 amide bonds. The van der Waals surface area contributed by atoms with Gasteiger partial charge in [-0.25, -0.2) is 0 Å². The van der Waals surface area contributed by atoms with Gasteiger partial charge in [0.15, 0.2) is 12.6 Å². The van der Waals surface area contributed by atoms with E-state index in [9.17, 15) is 0 Å². The molecular weight excluding hydrogens is 190 g/mol. The van der Waals surface area contributed by atoms with Gasteiger partial charge < -0.3 is 14.4 Å². The third-order valence-corrected chi connectivity index (χ3v) is 3.14. The Morgan fingerprint density at radius 1 is 1.33 bits per heavy atom. The van der Waals surface area contributed by atoms with E-state index < -0.39 is 0 Å². The fraction of sp³-hybridized carbons (Fsp3) is 0.500. The Morgan fingerprint density at radius 3 is 2.87 bits per heavy atom. The number of fused-ring (bicyclic) bond motifs is 1. The highest BCUT2D eigenvalue weighted by Crippen LogP contribution is 2.35. The SMILES string of the molecule is CC1OC(c2ccc3c(c2)N(C)CC3)O1. The Morgan fingerprint density at radius 2 is 2.13 bits per heavy atom. The highest BCUT2D eigenvalue weighted by molar-refractivity contribution is 5.59. The summed E-state index contributed by atoms with van der Waals surface area (Å²) in [6.07, 6.45) is 0.940. The minimum Gasteiger partial charge on any atom is -0.374 e. The lowest BCUT2D eigenvalue weighted by molar-refractivity contribution is -0.382. The van der Waals surface area contributed by atoms with Crippen molar-refractivity contribution in [2.45, 2.75) is 25.9 Å². The molecule has 0 N–H and O–H groups in total. The Hall–Kier alpha value is -1.06. The number of ether oxygens (including phenoxy) is 2. The van der Waals surface area contributed by atoms with Crippen molar-refractivity contribution in [1.82, 2.24) is 0 Å². The van der Waals surface area contributed by atoms with Gasteiger partial charge >= 0.3 is 0 Å². The van der Waals surface area contributed by atoms with Crippen LogP contribution in [0.25, 0.3) is 0 Å². The van der Waals surface area contributed by atoms with Crippen LogP contribution in [-0.2, 0) is 15.9 Å². The van der Waals surface area contributed by atoms with Gasteiger partial charge in [-0.3, -0.25) is 0 Å². The first-order valence-electron chi connectivity index (χ1n) is 5.39. The molecule has 2 aliphatic heterocycles. The first-order chi connectivity index (χ1) is 7.24. The van der Waals surface area contributed by atoms with Crippen LogP contribution in [-0.4, -0.2) is 19.9 Å². The third-order valence-electron chi connectivity index (χ3n) is 3.14. The topological polar surface area (TPSA) is 21.7 Å². The summed E-state index contributed by atoms with van der Waals surface area (Å²) in [4.78, 5) is 2.28. The van der Waals surface area contributed by atoms with Crippen molar-refractivity contribution in [3.63, 3.8) is 0 Å². The molecule has 0 aliphatic carbocycles. The summed E-state index contributed by atoms with van der Waals surface area (Å²) in [5, 5.41) is 0. The van der Waals surface area contributed by atoms with Crippen molar-refractivity contribution in [2.75, 3.05) is 18.5 Å². The molecule has 1 fully saturated rings. The zero-order valence-electron chi connectivity index (χ0n) is 9.06. The second-order valence-electron chi connectivity index (χ2n) is 4.23. The second-order valence-corrected chi connectivity index (χ2v) is 4.23. The third kappa shape index (κ3) is 1.43. The fourth-order valence-corrected chi connectivity index (χ4v) is 2.22. The molecule has 0 radical (unpaired) electrons. The maximum atomic E-state index is 5.48. The molecule has 0 bridgehead atoms. The monoisotopic (exact) mass is 205 g/mol. The van der Waals surface area contributed by atoms with Crippen molar-refractivity contribution in [3.8, 4) is 0 Å². The molecule has 0 aromatic heterocycles. The number of hydrogen-bond donors (Lipinski definition) is 0. The van der Waals surface area contributed by atoms with Crippen LogP contribution >= 0.6 is 0 Å². The van der Waals surface area contributed by atoms with Gasteiger partial charge in [0.2, 0.25) is 0 Å². The second kappa shape index (κ2) is 3.22. The average molecular weight is 205 g/mol. The number of benzene rings is 1. The summed E-state index contributed by atoms with van der Waals surface area (Å²) in [6, 6.07) is 6.47. The summed E-state index contributed by atoms with van der Waals surface area (Å²) in [6.45, 7) is 3.03. The molecule has 1 aromatic rings. The molecule has 0 spiro atoms. The van der Waals surface area contributed by atoms with Crippen molar-refractivity contribution in [1.29, 1.82) is 0 Å². The molecular formula is C12H15NO2. The van der Waals surface area contributed by atoms with Gasteiger partial charge in [-0.05, 0) is 25.0 Å². The van der Waals surface area contributed by atoms with Crippen LogP contribution in [0.1, 0.15) is 24.3 Å². The minimum atomic E-state index is -0.153. The normalized spacial score (nSPS) is 28.8. The Kier molecular flexibility index (Phi) is 1.97. The number of anilines is 1. The zero-order chi connectivity index (χ0) is 10.4. The predicted molar refractivity (Wildman–Crippen MR) is 57.8 cm³/mol. The van der Waals surface area contributed by atoms with Gasteiger partial charge in [0.1, 0.15) is 0 Å².